The van der Waals surface area contributed by atoms with Crippen LogP contribution >= 0.6 is 0 Å². The first-order valence-corrected chi connectivity index (χ1v) is 9.21. The van der Waals surface area contributed by atoms with Crippen molar-refractivity contribution >= 4 is 12.2 Å². The zero-order valence-electron chi connectivity index (χ0n) is 15.3. The van der Waals surface area contributed by atoms with Gasteiger partial charge in [0.25, 0.3) is 0 Å². The van der Waals surface area contributed by atoms with Crippen molar-refractivity contribution in [1.29, 1.82) is 0 Å². The van der Waals surface area contributed by atoms with Crippen LogP contribution in [0.15, 0.2) is 65.7 Å². The first kappa shape index (κ1) is 18.3. The Kier molecular flexibility index (Phi) is 6.56. The van der Waals surface area contributed by atoms with E-state index in [0.717, 1.165) is 37.1 Å². The molecule has 0 aliphatic carbocycles. The maximum absolute atomic E-state index is 12.7. The van der Waals surface area contributed by atoms with Crippen molar-refractivity contribution in [1.82, 2.24) is 4.90 Å². The predicted molar refractivity (Wildman–Crippen MR) is 104 cm³/mol. The van der Waals surface area contributed by atoms with Crippen molar-refractivity contribution in [3.8, 4) is 0 Å². The smallest absolute Gasteiger partial charge is 0.335 e. The number of esters is 1. The zero-order chi connectivity index (χ0) is 18.2. The van der Waals surface area contributed by atoms with Crippen LogP contribution in [0.25, 0.3) is 0 Å². The standard InChI is InChI=1S/C22H26N2O2/c1-24-14-12-19(13-15-24)17-26-22(25)21(20-10-6-3-7-11-20)23-16-18-8-4-2-5-9-18/h2-11,16,19,21H,12-15,17H2,1H3/b23-16+. The first-order chi connectivity index (χ1) is 12.7. The molecule has 0 bridgehead atoms. The number of likely N-dealkylation sites (tertiary alicyclic amines) is 1. The molecule has 1 fully saturated rings. The van der Waals surface area contributed by atoms with Gasteiger partial charge in [-0.25, -0.2) is 4.79 Å². The van der Waals surface area contributed by atoms with E-state index in [9.17, 15) is 4.79 Å². The highest BCUT2D eigenvalue weighted by Gasteiger charge is 2.23. The summed E-state index contributed by atoms with van der Waals surface area (Å²) >= 11 is 0. The quantitative estimate of drug-likeness (QED) is 0.589. The second-order valence-electron chi connectivity index (χ2n) is 6.88. The predicted octanol–water partition coefficient (Wildman–Crippen LogP) is 3.73. The molecule has 4 nitrogen and oxygen atoms in total. The van der Waals surface area contributed by atoms with Gasteiger partial charge >= 0.3 is 5.97 Å². The molecule has 0 radical (unpaired) electrons. The topological polar surface area (TPSA) is 41.9 Å². The molecule has 0 N–H and O–H groups in total. The maximum Gasteiger partial charge on any atom is 0.335 e. The zero-order valence-corrected chi connectivity index (χ0v) is 15.3. The van der Waals surface area contributed by atoms with Crippen LogP contribution in [0.5, 0.6) is 0 Å². The van der Waals surface area contributed by atoms with E-state index < -0.39 is 6.04 Å². The van der Waals surface area contributed by atoms with Crippen LogP contribution in [0.1, 0.15) is 30.0 Å². The monoisotopic (exact) mass is 350 g/mol. The van der Waals surface area contributed by atoms with Crippen molar-refractivity contribution in [2.24, 2.45) is 10.9 Å². The Balaban J connectivity index is 1.66. The minimum Gasteiger partial charge on any atom is -0.464 e. The highest BCUT2D eigenvalue weighted by molar-refractivity contribution is 5.84. The van der Waals surface area contributed by atoms with Gasteiger partial charge in [-0.15, -0.1) is 0 Å². The van der Waals surface area contributed by atoms with Crippen LogP contribution in [-0.4, -0.2) is 43.8 Å². The van der Waals surface area contributed by atoms with E-state index in [0.29, 0.717) is 12.5 Å². The number of hydrogen-bond acceptors (Lipinski definition) is 4. The molecule has 1 aliphatic heterocycles. The fourth-order valence-electron chi connectivity index (χ4n) is 3.13. The normalized spacial score (nSPS) is 17.3. The number of benzene rings is 2. The molecule has 1 saturated heterocycles. The molecule has 136 valence electrons. The molecule has 0 spiro atoms. The molecule has 2 aromatic rings. The summed E-state index contributed by atoms with van der Waals surface area (Å²) in [5.74, 6) is 0.173. The molecule has 0 amide bonds. The third kappa shape index (κ3) is 5.27. The van der Waals surface area contributed by atoms with Crippen molar-refractivity contribution in [2.45, 2.75) is 18.9 Å². The van der Waals surface area contributed by atoms with E-state index in [1.54, 1.807) is 6.21 Å². The summed E-state index contributed by atoms with van der Waals surface area (Å²) in [6.07, 6.45) is 3.90. The second-order valence-corrected chi connectivity index (χ2v) is 6.88. The van der Waals surface area contributed by atoms with Crippen molar-refractivity contribution in [3.05, 3.63) is 71.8 Å². The van der Waals surface area contributed by atoms with Gasteiger partial charge in [-0.2, -0.15) is 0 Å². The van der Waals surface area contributed by atoms with Crippen LogP contribution in [0.4, 0.5) is 0 Å². The minimum atomic E-state index is -0.623. The summed E-state index contributed by atoms with van der Waals surface area (Å²) in [6, 6.07) is 18.8. The largest absolute Gasteiger partial charge is 0.464 e. The van der Waals surface area contributed by atoms with Gasteiger partial charge in [0.15, 0.2) is 6.04 Å². The Labute approximate surface area is 155 Å². The van der Waals surface area contributed by atoms with Gasteiger partial charge in [-0.05, 0) is 50.0 Å². The third-order valence-electron chi connectivity index (χ3n) is 4.81. The second kappa shape index (κ2) is 9.30. The van der Waals surface area contributed by atoms with Crippen molar-refractivity contribution < 1.29 is 9.53 Å². The average Bonchev–Trinajstić information content (AvgIpc) is 2.69. The molecular weight excluding hydrogens is 324 g/mol. The Morgan fingerprint density at radius 1 is 1.12 bits per heavy atom. The van der Waals surface area contributed by atoms with Gasteiger partial charge in [0.05, 0.1) is 6.61 Å². The number of aliphatic imine (C=N–C) groups is 1. The summed E-state index contributed by atoms with van der Waals surface area (Å²) in [6.45, 7) is 2.61. The molecule has 1 heterocycles. The van der Waals surface area contributed by atoms with Gasteiger partial charge in [0.1, 0.15) is 0 Å². The molecule has 3 rings (SSSR count). The third-order valence-corrected chi connectivity index (χ3v) is 4.81. The minimum absolute atomic E-state index is 0.276. The number of piperidine rings is 1. The number of rotatable bonds is 6. The van der Waals surface area contributed by atoms with Crippen molar-refractivity contribution in [3.63, 3.8) is 0 Å². The summed E-state index contributed by atoms with van der Waals surface area (Å²) < 4.78 is 5.65. The molecule has 0 aromatic heterocycles. The maximum atomic E-state index is 12.7. The molecule has 4 heteroatoms. The van der Waals surface area contributed by atoms with Crippen LogP contribution in [0, 0.1) is 5.92 Å². The van der Waals surface area contributed by atoms with Crippen LogP contribution in [0.3, 0.4) is 0 Å². The molecule has 1 atom stereocenters. The van der Waals surface area contributed by atoms with Gasteiger partial charge < -0.3 is 9.64 Å². The molecule has 0 saturated carbocycles. The molecule has 26 heavy (non-hydrogen) atoms. The lowest BCUT2D eigenvalue weighted by Gasteiger charge is -2.28. The summed E-state index contributed by atoms with van der Waals surface area (Å²) in [4.78, 5) is 19.6. The Morgan fingerprint density at radius 2 is 1.73 bits per heavy atom. The van der Waals surface area contributed by atoms with Gasteiger partial charge in [-0.3, -0.25) is 4.99 Å². The van der Waals surface area contributed by atoms with Crippen LogP contribution < -0.4 is 0 Å². The van der Waals surface area contributed by atoms with Gasteiger partial charge in [0, 0.05) is 6.21 Å². The highest BCUT2D eigenvalue weighted by Crippen LogP contribution is 2.21. The fourth-order valence-corrected chi connectivity index (χ4v) is 3.13. The lowest BCUT2D eigenvalue weighted by Crippen LogP contribution is -2.32. The van der Waals surface area contributed by atoms with E-state index in [4.69, 9.17) is 4.74 Å². The number of nitrogens with zero attached hydrogens (tertiary/aromatic N) is 2. The molecule has 2 aromatic carbocycles. The number of hydrogen-bond donors (Lipinski definition) is 0. The lowest BCUT2D eigenvalue weighted by atomic mass is 9.98. The Hall–Kier alpha value is -2.46. The fraction of sp³-hybridized carbons (Fsp3) is 0.364. The Bertz CT molecular complexity index is 707. The van der Waals surface area contributed by atoms with Crippen LogP contribution in [-0.2, 0) is 9.53 Å². The highest BCUT2D eigenvalue weighted by atomic mass is 16.5. The molecular formula is C22H26N2O2. The van der Waals surface area contributed by atoms with E-state index in [-0.39, 0.29) is 5.97 Å². The van der Waals surface area contributed by atoms with Gasteiger partial charge in [-0.1, -0.05) is 60.7 Å². The molecule has 1 aliphatic rings. The van der Waals surface area contributed by atoms with E-state index in [2.05, 4.69) is 16.9 Å². The summed E-state index contributed by atoms with van der Waals surface area (Å²) in [5.41, 5.74) is 1.82. The number of ether oxygens (including phenoxy) is 1. The number of carbonyl (C=O) groups excluding carboxylic acids is 1. The van der Waals surface area contributed by atoms with Crippen molar-refractivity contribution in [2.75, 3.05) is 26.7 Å². The van der Waals surface area contributed by atoms with E-state index >= 15 is 0 Å². The average molecular weight is 350 g/mol. The van der Waals surface area contributed by atoms with Crippen LogP contribution in [0.2, 0.25) is 0 Å². The van der Waals surface area contributed by atoms with E-state index in [1.165, 1.54) is 0 Å². The summed E-state index contributed by atoms with van der Waals surface area (Å²) in [7, 11) is 2.13. The Morgan fingerprint density at radius 3 is 2.38 bits per heavy atom. The lowest BCUT2D eigenvalue weighted by molar-refractivity contribution is -0.147. The van der Waals surface area contributed by atoms with E-state index in [1.807, 2.05) is 60.7 Å². The molecule has 1 unspecified atom stereocenters. The first-order valence-electron chi connectivity index (χ1n) is 9.21. The number of carbonyl (C=O) groups is 1. The van der Waals surface area contributed by atoms with Gasteiger partial charge in [0.2, 0.25) is 0 Å². The SMILES string of the molecule is CN1CCC(COC(=O)C(/N=C/c2ccccc2)c2ccccc2)CC1. The summed E-state index contributed by atoms with van der Waals surface area (Å²) in [5, 5.41) is 0.